The molecule has 1 saturated carbocycles. The van der Waals surface area contributed by atoms with E-state index in [9.17, 15) is 33.6 Å². The third-order valence-corrected chi connectivity index (χ3v) is 8.82. The number of ketones is 1. The molecule has 1 heterocycles. The molecule has 15 nitrogen and oxygen atoms in total. The number of hydrogen-bond acceptors (Lipinski definition) is 9. The van der Waals surface area contributed by atoms with Gasteiger partial charge in [0.15, 0.2) is 0 Å². The van der Waals surface area contributed by atoms with Crippen LogP contribution in [0, 0.1) is 17.8 Å². The third kappa shape index (κ3) is 13.2. The van der Waals surface area contributed by atoms with E-state index in [1.807, 2.05) is 20.8 Å². The summed E-state index contributed by atoms with van der Waals surface area (Å²) in [4.78, 5) is 99.4. The van der Waals surface area contributed by atoms with Crippen LogP contribution < -0.4 is 21.3 Å². The fraction of sp³-hybridized carbons (Fsp3) is 0.676. The molecule has 1 aliphatic rings. The number of aliphatic carboxylic acids is 1. The third-order valence-electron chi connectivity index (χ3n) is 8.82. The van der Waals surface area contributed by atoms with Crippen LogP contribution in [0.5, 0.6) is 0 Å². The molecule has 2 rings (SSSR count). The van der Waals surface area contributed by atoms with E-state index in [4.69, 9.17) is 5.11 Å². The standard InChI is InChI=1S/C34H53N7O8/c1-7-21(5)28(40-31(46)24(16-20(3)4)38-32(47)26-18-35-14-15-36-26)33(48)39-25(17-22-12-10-9-11-13-22)30(45)37-23(8-2)29(44)34(49)41(6)19-27(42)43/h14-15,18,20-25,28H,7-13,16-17,19H2,1-6H3,(H,37,45)(H,38,47)(H,39,48)(H,40,46)(H,42,43)/t21-,23-,24-,25-,28-/m0/s1. The maximum atomic E-state index is 13.9. The fourth-order valence-corrected chi connectivity index (χ4v) is 5.79. The van der Waals surface area contributed by atoms with E-state index in [0.717, 1.165) is 37.0 Å². The summed E-state index contributed by atoms with van der Waals surface area (Å²) in [6.07, 6.45) is 9.99. The molecule has 0 radical (unpaired) electrons. The fourth-order valence-electron chi connectivity index (χ4n) is 5.79. The SMILES string of the molecule is CC[C@H](NC(=O)[C@H](CC1CCCCC1)NC(=O)[C@@H](NC(=O)[C@H](CC(C)C)NC(=O)c1cnccn1)[C@@H](C)CC)C(=O)C(=O)N(C)CC(=O)O. The van der Waals surface area contributed by atoms with Crippen molar-refractivity contribution in [3.8, 4) is 0 Å². The van der Waals surface area contributed by atoms with Crippen LogP contribution in [0.1, 0.15) is 103 Å². The van der Waals surface area contributed by atoms with E-state index in [1.165, 1.54) is 25.6 Å². The van der Waals surface area contributed by atoms with Gasteiger partial charge in [0.1, 0.15) is 30.4 Å². The van der Waals surface area contributed by atoms with Crippen LogP contribution in [0.15, 0.2) is 18.6 Å². The average molecular weight is 688 g/mol. The molecule has 15 heteroatoms. The molecule has 0 spiro atoms. The minimum absolute atomic E-state index is 0.0161. The van der Waals surface area contributed by atoms with Crippen LogP contribution >= 0.6 is 0 Å². The van der Waals surface area contributed by atoms with Gasteiger partial charge in [0.2, 0.25) is 23.5 Å². The predicted molar refractivity (Wildman–Crippen MR) is 180 cm³/mol. The monoisotopic (exact) mass is 687 g/mol. The van der Waals surface area contributed by atoms with Crippen LogP contribution in [0.4, 0.5) is 0 Å². The molecule has 1 aromatic heterocycles. The lowest BCUT2D eigenvalue weighted by atomic mass is 9.84. The zero-order chi connectivity index (χ0) is 36.7. The topological polar surface area (TPSA) is 217 Å². The van der Waals surface area contributed by atoms with Crippen LogP contribution in [-0.4, -0.2) is 99.0 Å². The first-order chi connectivity index (χ1) is 23.2. The van der Waals surface area contributed by atoms with Gasteiger partial charge in [0, 0.05) is 19.4 Å². The molecule has 0 bridgehead atoms. The number of carbonyl (C=O) groups excluding carboxylic acids is 6. The largest absolute Gasteiger partial charge is 0.480 e. The van der Waals surface area contributed by atoms with Crippen molar-refractivity contribution in [2.75, 3.05) is 13.6 Å². The molecule has 0 aromatic carbocycles. The first-order valence-corrected chi connectivity index (χ1v) is 17.2. The van der Waals surface area contributed by atoms with Crippen molar-refractivity contribution in [1.29, 1.82) is 0 Å². The summed E-state index contributed by atoms with van der Waals surface area (Å²) in [6, 6.07) is -4.35. The van der Waals surface area contributed by atoms with E-state index in [1.54, 1.807) is 13.8 Å². The van der Waals surface area contributed by atoms with Crippen LogP contribution in [0.2, 0.25) is 0 Å². The molecule has 272 valence electrons. The van der Waals surface area contributed by atoms with Gasteiger partial charge in [-0.1, -0.05) is 73.1 Å². The van der Waals surface area contributed by atoms with Crippen molar-refractivity contribution in [2.24, 2.45) is 17.8 Å². The van der Waals surface area contributed by atoms with Gasteiger partial charge in [-0.3, -0.25) is 38.5 Å². The smallest absolute Gasteiger partial charge is 0.323 e. The van der Waals surface area contributed by atoms with Crippen molar-refractivity contribution < 1.29 is 38.7 Å². The minimum atomic E-state index is -1.29. The van der Waals surface area contributed by atoms with Gasteiger partial charge < -0.3 is 31.3 Å². The molecule has 5 atom stereocenters. The Morgan fingerprint density at radius 2 is 1.47 bits per heavy atom. The van der Waals surface area contributed by atoms with Crippen molar-refractivity contribution in [2.45, 2.75) is 117 Å². The van der Waals surface area contributed by atoms with E-state index in [2.05, 4.69) is 31.2 Å². The summed E-state index contributed by atoms with van der Waals surface area (Å²) in [6.45, 7) is 8.37. The van der Waals surface area contributed by atoms with Crippen molar-refractivity contribution in [1.82, 2.24) is 36.1 Å². The summed E-state index contributed by atoms with van der Waals surface area (Å²) in [7, 11) is 1.19. The molecule has 1 fully saturated rings. The number of carboxylic acids is 1. The van der Waals surface area contributed by atoms with Gasteiger partial charge in [-0.2, -0.15) is 0 Å². The number of aromatic nitrogens is 2. The van der Waals surface area contributed by atoms with Crippen molar-refractivity contribution in [3.63, 3.8) is 0 Å². The summed E-state index contributed by atoms with van der Waals surface area (Å²) >= 11 is 0. The lowest BCUT2D eigenvalue weighted by Crippen LogP contribution is -2.60. The normalized spacial score (nSPS) is 16.3. The maximum absolute atomic E-state index is 13.9. The summed E-state index contributed by atoms with van der Waals surface area (Å²) in [5, 5.41) is 19.9. The molecule has 5 N–H and O–H groups in total. The van der Waals surface area contributed by atoms with E-state index in [0.29, 0.717) is 12.8 Å². The van der Waals surface area contributed by atoms with Gasteiger partial charge in [-0.05, 0) is 37.0 Å². The highest BCUT2D eigenvalue weighted by Gasteiger charge is 2.36. The number of carboxylic acid groups (broad SMARTS) is 1. The number of Topliss-reactive ketones (excluding diaryl/α,β-unsaturated/α-hetero) is 1. The lowest BCUT2D eigenvalue weighted by Gasteiger charge is -2.31. The highest BCUT2D eigenvalue weighted by atomic mass is 16.4. The maximum Gasteiger partial charge on any atom is 0.323 e. The number of carbonyl (C=O) groups is 7. The van der Waals surface area contributed by atoms with E-state index < -0.39 is 72.0 Å². The Kier molecular flexibility index (Phi) is 16.8. The van der Waals surface area contributed by atoms with Crippen molar-refractivity contribution in [3.05, 3.63) is 24.3 Å². The first kappa shape index (κ1) is 40.7. The predicted octanol–water partition coefficient (Wildman–Crippen LogP) is 1.61. The second kappa shape index (κ2) is 20.2. The Balaban J connectivity index is 2.29. The Labute approximate surface area is 288 Å². The van der Waals surface area contributed by atoms with E-state index in [-0.39, 0.29) is 36.3 Å². The summed E-state index contributed by atoms with van der Waals surface area (Å²) in [5.41, 5.74) is 0.0379. The molecule has 0 unspecified atom stereocenters. The number of likely N-dealkylation sites (N-methyl/N-ethyl adjacent to an activating group) is 1. The highest BCUT2D eigenvalue weighted by Crippen LogP contribution is 2.27. The van der Waals surface area contributed by atoms with Crippen LogP contribution in [0.25, 0.3) is 0 Å². The second-order valence-corrected chi connectivity index (χ2v) is 13.3. The zero-order valence-corrected chi connectivity index (χ0v) is 29.5. The molecular weight excluding hydrogens is 634 g/mol. The molecule has 0 aliphatic heterocycles. The lowest BCUT2D eigenvalue weighted by molar-refractivity contribution is -0.149. The van der Waals surface area contributed by atoms with Gasteiger partial charge in [0.25, 0.3) is 11.8 Å². The average Bonchev–Trinajstić information content (AvgIpc) is 3.07. The Morgan fingerprint density at radius 1 is 0.837 bits per heavy atom. The zero-order valence-electron chi connectivity index (χ0n) is 29.5. The Morgan fingerprint density at radius 3 is 2.02 bits per heavy atom. The molecule has 49 heavy (non-hydrogen) atoms. The molecule has 1 aromatic rings. The van der Waals surface area contributed by atoms with Crippen molar-refractivity contribution >= 4 is 41.3 Å². The highest BCUT2D eigenvalue weighted by molar-refractivity contribution is 6.38. The summed E-state index contributed by atoms with van der Waals surface area (Å²) < 4.78 is 0. The number of nitrogens with one attached hydrogen (secondary N) is 4. The number of rotatable bonds is 19. The first-order valence-electron chi connectivity index (χ1n) is 17.2. The van der Waals surface area contributed by atoms with Gasteiger partial charge in [0.05, 0.1) is 12.2 Å². The Hall–Kier alpha value is -4.43. The molecular formula is C34H53N7O8. The Bertz CT molecular complexity index is 1300. The second-order valence-electron chi connectivity index (χ2n) is 13.3. The number of nitrogens with zero attached hydrogens (tertiary/aromatic N) is 3. The molecule has 5 amide bonds. The minimum Gasteiger partial charge on any atom is -0.480 e. The van der Waals surface area contributed by atoms with Gasteiger partial charge in [-0.25, -0.2) is 4.98 Å². The molecule has 0 saturated heterocycles. The molecule has 1 aliphatic carbocycles. The number of amides is 5. The van der Waals surface area contributed by atoms with Gasteiger partial charge in [-0.15, -0.1) is 0 Å². The summed E-state index contributed by atoms with van der Waals surface area (Å²) in [5.74, 6) is -5.93. The van der Waals surface area contributed by atoms with E-state index >= 15 is 0 Å². The van der Waals surface area contributed by atoms with Gasteiger partial charge >= 0.3 is 5.97 Å². The van der Waals surface area contributed by atoms with Crippen LogP contribution in [0.3, 0.4) is 0 Å². The quantitative estimate of drug-likeness (QED) is 0.132. The number of hydrogen-bond donors (Lipinski definition) is 5. The van der Waals surface area contributed by atoms with Crippen LogP contribution in [-0.2, 0) is 28.8 Å².